The van der Waals surface area contributed by atoms with Gasteiger partial charge in [0.15, 0.2) is 11.5 Å². The molecule has 0 bridgehead atoms. The average Bonchev–Trinajstić information content (AvgIpc) is 2.64. The summed E-state index contributed by atoms with van der Waals surface area (Å²) >= 11 is 12.5. The predicted molar refractivity (Wildman–Crippen MR) is 109 cm³/mol. The summed E-state index contributed by atoms with van der Waals surface area (Å²) in [6.45, 7) is 4.82. The van der Waals surface area contributed by atoms with E-state index in [9.17, 15) is 4.39 Å². The SMILES string of the molecule is CCOc1cc(CNCCCNC)c(Cl)cc1OCc1c(F)cccc1Cl. The molecule has 0 heterocycles. The molecule has 0 saturated heterocycles. The summed E-state index contributed by atoms with van der Waals surface area (Å²) in [7, 11) is 1.93. The molecule has 148 valence electrons. The quantitative estimate of drug-likeness (QED) is 0.517. The van der Waals surface area contributed by atoms with Crippen molar-refractivity contribution >= 4 is 23.2 Å². The fourth-order valence-corrected chi connectivity index (χ4v) is 2.97. The maximum atomic E-state index is 13.9. The van der Waals surface area contributed by atoms with Gasteiger partial charge in [-0.1, -0.05) is 29.3 Å². The Morgan fingerprint density at radius 2 is 1.81 bits per heavy atom. The van der Waals surface area contributed by atoms with Crippen LogP contribution in [0.2, 0.25) is 10.0 Å². The number of hydrogen-bond donors (Lipinski definition) is 2. The summed E-state index contributed by atoms with van der Waals surface area (Å²) < 4.78 is 25.4. The minimum absolute atomic E-state index is 0.0104. The zero-order valence-electron chi connectivity index (χ0n) is 15.6. The van der Waals surface area contributed by atoms with Gasteiger partial charge in [-0.3, -0.25) is 0 Å². The van der Waals surface area contributed by atoms with Gasteiger partial charge in [-0.25, -0.2) is 4.39 Å². The Hall–Kier alpha value is -1.53. The van der Waals surface area contributed by atoms with Gasteiger partial charge in [0, 0.05) is 23.2 Å². The lowest BCUT2D eigenvalue weighted by atomic mass is 10.2. The minimum Gasteiger partial charge on any atom is -0.490 e. The van der Waals surface area contributed by atoms with Crippen LogP contribution in [0.25, 0.3) is 0 Å². The molecule has 0 aromatic heterocycles. The Labute approximate surface area is 170 Å². The van der Waals surface area contributed by atoms with E-state index in [2.05, 4.69) is 10.6 Å². The lowest BCUT2D eigenvalue weighted by molar-refractivity contribution is 0.265. The van der Waals surface area contributed by atoms with Gasteiger partial charge in [0.05, 0.1) is 11.6 Å². The molecule has 2 aromatic carbocycles. The van der Waals surface area contributed by atoms with E-state index in [1.165, 1.54) is 6.07 Å². The first-order chi connectivity index (χ1) is 13.1. The van der Waals surface area contributed by atoms with Crippen molar-refractivity contribution in [1.82, 2.24) is 10.6 Å². The third kappa shape index (κ3) is 6.54. The van der Waals surface area contributed by atoms with E-state index in [0.717, 1.165) is 25.1 Å². The molecule has 2 aromatic rings. The monoisotopic (exact) mass is 414 g/mol. The Kier molecular flexibility index (Phi) is 9.15. The lowest BCUT2D eigenvalue weighted by Gasteiger charge is -2.16. The standard InChI is InChI=1S/C20H25Cl2FN2O2/c1-3-26-19-10-14(12-25-9-5-8-24-2)17(22)11-20(19)27-13-15-16(21)6-4-7-18(15)23/h4,6-7,10-11,24-25H,3,5,8-9,12-13H2,1-2H3. The first-order valence-corrected chi connectivity index (χ1v) is 9.68. The number of halogens is 3. The highest BCUT2D eigenvalue weighted by Gasteiger charge is 2.14. The van der Waals surface area contributed by atoms with Crippen molar-refractivity contribution in [1.29, 1.82) is 0 Å². The van der Waals surface area contributed by atoms with Crippen LogP contribution in [0.5, 0.6) is 11.5 Å². The Bertz CT molecular complexity index is 724. The van der Waals surface area contributed by atoms with Crippen molar-refractivity contribution in [3.8, 4) is 11.5 Å². The molecular formula is C20H25Cl2FN2O2. The minimum atomic E-state index is -0.408. The van der Waals surface area contributed by atoms with Crippen LogP contribution >= 0.6 is 23.2 Å². The molecule has 0 aliphatic rings. The third-order valence-electron chi connectivity index (χ3n) is 3.94. The van der Waals surface area contributed by atoms with Crippen molar-refractivity contribution < 1.29 is 13.9 Å². The van der Waals surface area contributed by atoms with Crippen molar-refractivity contribution in [2.75, 3.05) is 26.7 Å². The maximum absolute atomic E-state index is 13.9. The van der Waals surface area contributed by atoms with Crippen molar-refractivity contribution in [3.05, 3.63) is 57.3 Å². The topological polar surface area (TPSA) is 42.5 Å². The first-order valence-electron chi connectivity index (χ1n) is 8.93. The number of ether oxygens (including phenoxy) is 2. The third-order valence-corrected chi connectivity index (χ3v) is 4.65. The van der Waals surface area contributed by atoms with Gasteiger partial charge in [0.1, 0.15) is 12.4 Å². The molecule has 27 heavy (non-hydrogen) atoms. The molecule has 0 aliphatic carbocycles. The van der Waals surface area contributed by atoms with Gasteiger partial charge in [0.25, 0.3) is 0 Å². The van der Waals surface area contributed by atoms with E-state index in [1.807, 2.05) is 20.0 Å². The molecule has 0 spiro atoms. The van der Waals surface area contributed by atoms with Crippen LogP contribution in [0.4, 0.5) is 4.39 Å². The second kappa shape index (κ2) is 11.3. The van der Waals surface area contributed by atoms with Gasteiger partial charge < -0.3 is 20.1 Å². The van der Waals surface area contributed by atoms with Crippen molar-refractivity contribution in [2.45, 2.75) is 26.5 Å². The van der Waals surface area contributed by atoms with Crippen molar-refractivity contribution in [2.24, 2.45) is 0 Å². The Morgan fingerprint density at radius 1 is 1.04 bits per heavy atom. The normalized spacial score (nSPS) is 10.9. The largest absolute Gasteiger partial charge is 0.490 e. The average molecular weight is 415 g/mol. The fraction of sp³-hybridized carbons (Fsp3) is 0.400. The molecule has 0 radical (unpaired) electrons. The van der Waals surface area contributed by atoms with E-state index < -0.39 is 5.82 Å². The van der Waals surface area contributed by atoms with Crippen LogP contribution in [-0.4, -0.2) is 26.7 Å². The molecule has 0 fully saturated rings. The van der Waals surface area contributed by atoms with Gasteiger partial charge in [0.2, 0.25) is 0 Å². The summed E-state index contributed by atoms with van der Waals surface area (Å²) in [5.41, 5.74) is 1.22. The van der Waals surface area contributed by atoms with E-state index >= 15 is 0 Å². The molecule has 0 amide bonds. The fourth-order valence-electron chi connectivity index (χ4n) is 2.53. The summed E-state index contributed by atoms with van der Waals surface area (Å²) in [6, 6.07) is 8.09. The van der Waals surface area contributed by atoms with Gasteiger partial charge in [-0.2, -0.15) is 0 Å². The summed E-state index contributed by atoms with van der Waals surface area (Å²) in [5, 5.41) is 7.34. The number of hydrogen-bond acceptors (Lipinski definition) is 4. The van der Waals surface area contributed by atoms with E-state index in [4.69, 9.17) is 32.7 Å². The van der Waals surface area contributed by atoms with Crippen LogP contribution in [0.15, 0.2) is 30.3 Å². The van der Waals surface area contributed by atoms with E-state index in [1.54, 1.807) is 18.2 Å². The smallest absolute Gasteiger partial charge is 0.163 e. The number of nitrogens with one attached hydrogen (secondary N) is 2. The van der Waals surface area contributed by atoms with Crippen LogP contribution in [0.3, 0.4) is 0 Å². The molecule has 2 rings (SSSR count). The Balaban J connectivity index is 2.10. The molecular weight excluding hydrogens is 390 g/mol. The van der Waals surface area contributed by atoms with Crippen molar-refractivity contribution in [3.63, 3.8) is 0 Å². The highest BCUT2D eigenvalue weighted by molar-refractivity contribution is 6.31. The number of benzene rings is 2. The second-order valence-corrected chi connectivity index (χ2v) is 6.76. The van der Waals surface area contributed by atoms with Gasteiger partial charge in [-0.05, 0) is 57.2 Å². The van der Waals surface area contributed by atoms with Crippen LogP contribution in [-0.2, 0) is 13.2 Å². The van der Waals surface area contributed by atoms with Crippen LogP contribution in [0, 0.1) is 5.82 Å². The highest BCUT2D eigenvalue weighted by atomic mass is 35.5. The van der Waals surface area contributed by atoms with Crippen LogP contribution in [0.1, 0.15) is 24.5 Å². The second-order valence-electron chi connectivity index (χ2n) is 5.95. The molecule has 4 nitrogen and oxygen atoms in total. The van der Waals surface area contributed by atoms with E-state index in [-0.39, 0.29) is 6.61 Å². The lowest BCUT2D eigenvalue weighted by Crippen LogP contribution is -2.19. The Morgan fingerprint density at radius 3 is 2.52 bits per heavy atom. The zero-order chi connectivity index (χ0) is 19.6. The first kappa shape index (κ1) is 21.8. The molecule has 0 unspecified atom stereocenters. The molecule has 0 atom stereocenters. The number of rotatable bonds is 11. The summed E-state index contributed by atoms with van der Waals surface area (Å²) in [6.07, 6.45) is 1.02. The van der Waals surface area contributed by atoms with Crippen LogP contribution < -0.4 is 20.1 Å². The maximum Gasteiger partial charge on any atom is 0.163 e. The summed E-state index contributed by atoms with van der Waals surface area (Å²) in [4.78, 5) is 0. The molecule has 2 N–H and O–H groups in total. The summed E-state index contributed by atoms with van der Waals surface area (Å²) in [5.74, 6) is 0.621. The molecule has 7 heteroatoms. The van der Waals surface area contributed by atoms with E-state index in [0.29, 0.717) is 40.3 Å². The predicted octanol–water partition coefficient (Wildman–Crippen LogP) is 4.81. The zero-order valence-corrected chi connectivity index (χ0v) is 17.1. The van der Waals surface area contributed by atoms with Gasteiger partial charge >= 0.3 is 0 Å². The highest BCUT2D eigenvalue weighted by Crippen LogP contribution is 2.35. The molecule has 0 saturated carbocycles. The van der Waals surface area contributed by atoms with Gasteiger partial charge in [-0.15, -0.1) is 0 Å². The molecule has 0 aliphatic heterocycles.